The highest BCUT2D eigenvalue weighted by atomic mass is 16.2. The maximum absolute atomic E-state index is 11.5. The molecule has 2 aliphatic rings. The fourth-order valence-corrected chi connectivity index (χ4v) is 1.67. The Hall–Kier alpha value is -2.17. The third kappa shape index (κ3) is 2.69. The lowest BCUT2D eigenvalue weighted by molar-refractivity contribution is -0.124. The van der Waals surface area contributed by atoms with Gasteiger partial charge in [0.15, 0.2) is 0 Å². The summed E-state index contributed by atoms with van der Waals surface area (Å²) in [6.45, 7) is 0. The summed E-state index contributed by atoms with van der Waals surface area (Å²) >= 11 is 0. The highest BCUT2D eigenvalue weighted by molar-refractivity contribution is 6.29. The Balaban J connectivity index is 2.25. The van der Waals surface area contributed by atoms with Gasteiger partial charge in [0.05, 0.1) is 0 Å². The number of amides is 4. The van der Waals surface area contributed by atoms with Crippen LogP contribution in [-0.4, -0.2) is 17.8 Å². The third-order valence-corrected chi connectivity index (χ3v) is 2.52. The number of allylic oxidation sites excluding steroid dienone is 5. The quantitative estimate of drug-likeness (QED) is 0.522. The van der Waals surface area contributed by atoms with Gasteiger partial charge in [0.25, 0.3) is 11.8 Å². The van der Waals surface area contributed by atoms with Crippen LogP contribution < -0.4 is 10.6 Å². The molecule has 1 aliphatic carbocycles. The molecule has 1 fully saturated rings. The minimum Gasteiger partial charge on any atom is -0.273 e. The molecular weight excluding hydrogens is 220 g/mol. The average Bonchev–Trinajstić information content (AvgIpc) is 2.51. The average molecular weight is 232 g/mol. The van der Waals surface area contributed by atoms with Gasteiger partial charge in [-0.25, -0.2) is 4.79 Å². The summed E-state index contributed by atoms with van der Waals surface area (Å²) in [6.07, 6.45) is 10.3. The second kappa shape index (κ2) is 4.78. The smallest absolute Gasteiger partial charge is 0.273 e. The van der Waals surface area contributed by atoms with Crippen LogP contribution in [0.2, 0.25) is 0 Å². The van der Waals surface area contributed by atoms with Gasteiger partial charge in [-0.2, -0.15) is 0 Å². The first-order valence-electron chi connectivity index (χ1n) is 5.42. The van der Waals surface area contributed by atoms with E-state index >= 15 is 0 Å². The van der Waals surface area contributed by atoms with Gasteiger partial charge in [-0.05, 0) is 30.9 Å². The molecule has 0 radical (unpaired) electrons. The van der Waals surface area contributed by atoms with Crippen molar-refractivity contribution in [2.45, 2.75) is 19.3 Å². The molecule has 0 aromatic carbocycles. The number of carbonyl (C=O) groups excluding carboxylic acids is 3. The molecule has 88 valence electrons. The van der Waals surface area contributed by atoms with Gasteiger partial charge in [-0.15, -0.1) is 0 Å². The standard InChI is InChI=1S/C12H12N2O3/c15-10-9(11(16)14-12(17)13-10)7-8-5-3-1-2-4-6-8/h3,5-7H,1-2,4H2,(H2,13,14,15,16,17). The lowest BCUT2D eigenvalue weighted by Crippen LogP contribution is -2.51. The summed E-state index contributed by atoms with van der Waals surface area (Å²) in [6, 6.07) is -0.775. The number of barbiturate groups is 1. The zero-order chi connectivity index (χ0) is 12.3. The van der Waals surface area contributed by atoms with Gasteiger partial charge in [-0.1, -0.05) is 18.2 Å². The fraction of sp³-hybridized carbons (Fsp3) is 0.250. The van der Waals surface area contributed by atoms with Crippen molar-refractivity contribution in [3.63, 3.8) is 0 Å². The van der Waals surface area contributed by atoms with E-state index in [-0.39, 0.29) is 5.57 Å². The fourth-order valence-electron chi connectivity index (χ4n) is 1.67. The second-order valence-corrected chi connectivity index (χ2v) is 3.83. The largest absolute Gasteiger partial charge is 0.328 e. The van der Waals surface area contributed by atoms with E-state index in [1.165, 1.54) is 6.08 Å². The van der Waals surface area contributed by atoms with Gasteiger partial charge in [0.2, 0.25) is 0 Å². The Morgan fingerprint density at radius 3 is 2.47 bits per heavy atom. The van der Waals surface area contributed by atoms with E-state index in [4.69, 9.17) is 0 Å². The van der Waals surface area contributed by atoms with Crippen LogP contribution in [0.15, 0.2) is 35.5 Å². The van der Waals surface area contributed by atoms with Crippen molar-refractivity contribution in [3.8, 4) is 0 Å². The van der Waals surface area contributed by atoms with Crippen molar-refractivity contribution in [2.24, 2.45) is 0 Å². The van der Waals surface area contributed by atoms with Gasteiger partial charge >= 0.3 is 6.03 Å². The van der Waals surface area contributed by atoms with Crippen LogP contribution >= 0.6 is 0 Å². The van der Waals surface area contributed by atoms with E-state index in [2.05, 4.69) is 0 Å². The van der Waals surface area contributed by atoms with Crippen LogP contribution in [0, 0.1) is 0 Å². The number of hydrogen-bond donors (Lipinski definition) is 2. The van der Waals surface area contributed by atoms with Gasteiger partial charge in [0.1, 0.15) is 5.57 Å². The summed E-state index contributed by atoms with van der Waals surface area (Å²) in [5.41, 5.74) is 0.777. The van der Waals surface area contributed by atoms with Crippen LogP contribution in [0.1, 0.15) is 19.3 Å². The molecule has 1 heterocycles. The molecule has 2 rings (SSSR count). The van der Waals surface area contributed by atoms with Crippen LogP contribution in [0.5, 0.6) is 0 Å². The molecule has 0 unspecified atom stereocenters. The van der Waals surface area contributed by atoms with E-state index in [9.17, 15) is 14.4 Å². The minimum atomic E-state index is -0.775. The summed E-state index contributed by atoms with van der Waals surface area (Å²) in [4.78, 5) is 33.8. The summed E-state index contributed by atoms with van der Waals surface area (Å²) in [5.74, 6) is -1.31. The molecule has 4 amide bonds. The van der Waals surface area contributed by atoms with Crippen molar-refractivity contribution < 1.29 is 14.4 Å². The van der Waals surface area contributed by atoms with E-state index in [1.54, 1.807) is 0 Å². The summed E-state index contributed by atoms with van der Waals surface area (Å²) < 4.78 is 0. The molecule has 2 N–H and O–H groups in total. The molecule has 0 spiro atoms. The second-order valence-electron chi connectivity index (χ2n) is 3.83. The number of nitrogens with one attached hydrogen (secondary N) is 2. The van der Waals surface area contributed by atoms with Crippen molar-refractivity contribution >= 4 is 17.8 Å². The molecule has 1 saturated heterocycles. The molecule has 1 aliphatic heterocycles. The normalized spacial score (nSPS) is 20.4. The van der Waals surface area contributed by atoms with Crippen molar-refractivity contribution in [3.05, 3.63) is 35.5 Å². The molecular formula is C12H12N2O3. The van der Waals surface area contributed by atoms with E-state index in [0.29, 0.717) is 0 Å². The van der Waals surface area contributed by atoms with Gasteiger partial charge < -0.3 is 0 Å². The maximum Gasteiger partial charge on any atom is 0.328 e. The van der Waals surface area contributed by atoms with Crippen LogP contribution in [0.3, 0.4) is 0 Å². The molecule has 5 heteroatoms. The molecule has 0 bridgehead atoms. The van der Waals surface area contributed by atoms with E-state index in [1.807, 2.05) is 28.9 Å². The predicted molar refractivity (Wildman–Crippen MR) is 60.8 cm³/mol. The number of urea groups is 1. The molecule has 17 heavy (non-hydrogen) atoms. The third-order valence-electron chi connectivity index (χ3n) is 2.52. The van der Waals surface area contributed by atoms with Gasteiger partial charge in [-0.3, -0.25) is 20.2 Å². The number of rotatable bonds is 1. The number of carbonyl (C=O) groups is 3. The lowest BCUT2D eigenvalue weighted by atomic mass is 10.1. The van der Waals surface area contributed by atoms with Crippen LogP contribution in [0.25, 0.3) is 0 Å². The van der Waals surface area contributed by atoms with Gasteiger partial charge in [0, 0.05) is 0 Å². The molecule has 0 aromatic heterocycles. The summed E-state index contributed by atoms with van der Waals surface area (Å²) in [7, 11) is 0. The Morgan fingerprint density at radius 1 is 1.06 bits per heavy atom. The molecule has 0 aromatic rings. The minimum absolute atomic E-state index is 0.0394. The summed E-state index contributed by atoms with van der Waals surface area (Å²) in [5, 5.41) is 4.07. The van der Waals surface area contributed by atoms with Crippen molar-refractivity contribution in [2.75, 3.05) is 0 Å². The van der Waals surface area contributed by atoms with E-state index in [0.717, 1.165) is 24.8 Å². The van der Waals surface area contributed by atoms with Crippen molar-refractivity contribution in [1.82, 2.24) is 10.6 Å². The number of imide groups is 2. The van der Waals surface area contributed by atoms with Crippen LogP contribution in [0.4, 0.5) is 4.79 Å². The molecule has 0 saturated carbocycles. The Morgan fingerprint density at radius 2 is 1.76 bits per heavy atom. The monoisotopic (exact) mass is 232 g/mol. The van der Waals surface area contributed by atoms with Crippen LogP contribution in [-0.2, 0) is 9.59 Å². The zero-order valence-electron chi connectivity index (χ0n) is 9.16. The van der Waals surface area contributed by atoms with E-state index < -0.39 is 17.8 Å². The predicted octanol–water partition coefficient (Wildman–Crippen LogP) is 0.945. The highest BCUT2D eigenvalue weighted by Gasteiger charge is 2.27. The Labute approximate surface area is 98.3 Å². The Kier molecular flexibility index (Phi) is 3.18. The number of hydrogen-bond acceptors (Lipinski definition) is 3. The Bertz CT molecular complexity index is 450. The first-order chi connectivity index (χ1) is 8.16. The zero-order valence-corrected chi connectivity index (χ0v) is 9.16. The first-order valence-corrected chi connectivity index (χ1v) is 5.42. The maximum atomic E-state index is 11.5. The molecule has 0 atom stereocenters. The molecule has 5 nitrogen and oxygen atoms in total. The first kappa shape index (κ1) is 11.3. The highest BCUT2D eigenvalue weighted by Crippen LogP contribution is 2.14. The lowest BCUT2D eigenvalue weighted by Gasteiger charge is -2.13. The van der Waals surface area contributed by atoms with Crippen molar-refractivity contribution in [1.29, 1.82) is 0 Å². The SMILES string of the molecule is O=C1NC(=O)C(=CC2=CCCCC=C2)C(=O)N1. The topological polar surface area (TPSA) is 75.3 Å².